The summed E-state index contributed by atoms with van der Waals surface area (Å²) in [5, 5.41) is 16.5. The zero-order chi connectivity index (χ0) is 13.4. The van der Waals surface area contributed by atoms with E-state index in [0.717, 1.165) is 18.5 Å². The topological polar surface area (TPSA) is 77.2 Å². The van der Waals surface area contributed by atoms with Crippen LogP contribution in [0.15, 0.2) is 6.20 Å². The lowest BCUT2D eigenvalue weighted by molar-refractivity contribution is -0.137. The molecule has 102 valence electrons. The first kappa shape index (κ1) is 14.6. The van der Waals surface area contributed by atoms with E-state index in [2.05, 4.69) is 10.3 Å². The SMILES string of the molecule is CC(C)OCCn1cc(CCCCC(=O)O)nn1. The highest BCUT2D eigenvalue weighted by atomic mass is 16.5. The number of aliphatic carboxylic acids is 1. The van der Waals surface area contributed by atoms with Crippen molar-refractivity contribution in [3.63, 3.8) is 0 Å². The van der Waals surface area contributed by atoms with Crippen LogP contribution in [-0.4, -0.2) is 38.8 Å². The molecule has 1 aromatic heterocycles. The Morgan fingerprint density at radius 3 is 2.94 bits per heavy atom. The molecule has 0 saturated carbocycles. The summed E-state index contributed by atoms with van der Waals surface area (Å²) < 4.78 is 7.18. The Morgan fingerprint density at radius 1 is 1.50 bits per heavy atom. The lowest BCUT2D eigenvalue weighted by atomic mass is 10.1. The fourth-order valence-corrected chi connectivity index (χ4v) is 1.53. The number of hydrogen-bond donors (Lipinski definition) is 1. The molecule has 0 bridgehead atoms. The quantitative estimate of drug-likeness (QED) is 0.677. The normalized spacial score (nSPS) is 11.1. The van der Waals surface area contributed by atoms with Crippen molar-refractivity contribution < 1.29 is 14.6 Å². The third kappa shape index (κ3) is 6.34. The molecule has 6 heteroatoms. The van der Waals surface area contributed by atoms with Crippen LogP contribution in [0.1, 0.15) is 38.8 Å². The summed E-state index contributed by atoms with van der Waals surface area (Å²) in [6.45, 7) is 5.31. The number of aromatic nitrogens is 3. The van der Waals surface area contributed by atoms with Gasteiger partial charge in [0, 0.05) is 12.6 Å². The van der Waals surface area contributed by atoms with Crippen molar-refractivity contribution in [1.29, 1.82) is 0 Å². The van der Waals surface area contributed by atoms with Gasteiger partial charge in [0.05, 0.1) is 24.9 Å². The Labute approximate surface area is 107 Å². The molecule has 0 spiro atoms. The van der Waals surface area contributed by atoms with Crippen LogP contribution in [0, 0.1) is 0 Å². The smallest absolute Gasteiger partial charge is 0.303 e. The fraction of sp³-hybridized carbons (Fsp3) is 0.750. The van der Waals surface area contributed by atoms with E-state index in [1.54, 1.807) is 4.68 Å². The van der Waals surface area contributed by atoms with E-state index in [1.807, 2.05) is 20.0 Å². The van der Waals surface area contributed by atoms with E-state index in [9.17, 15) is 4.79 Å². The summed E-state index contributed by atoms with van der Waals surface area (Å²) in [6, 6.07) is 0. The number of rotatable bonds is 9. The Bertz CT molecular complexity index is 363. The Balaban J connectivity index is 2.19. The summed E-state index contributed by atoms with van der Waals surface area (Å²) in [7, 11) is 0. The third-order valence-corrected chi connectivity index (χ3v) is 2.43. The van der Waals surface area contributed by atoms with Gasteiger partial charge in [-0.2, -0.15) is 0 Å². The molecule has 0 saturated heterocycles. The van der Waals surface area contributed by atoms with Crippen molar-refractivity contribution >= 4 is 5.97 Å². The van der Waals surface area contributed by atoms with E-state index in [0.29, 0.717) is 19.6 Å². The summed E-state index contributed by atoms with van der Waals surface area (Å²) in [4.78, 5) is 10.3. The van der Waals surface area contributed by atoms with Gasteiger partial charge in [0.25, 0.3) is 0 Å². The van der Waals surface area contributed by atoms with E-state index in [4.69, 9.17) is 9.84 Å². The minimum Gasteiger partial charge on any atom is -0.481 e. The maximum absolute atomic E-state index is 10.3. The second-order valence-corrected chi connectivity index (χ2v) is 4.49. The van der Waals surface area contributed by atoms with Crippen molar-refractivity contribution in [2.24, 2.45) is 0 Å². The summed E-state index contributed by atoms with van der Waals surface area (Å²) in [5.41, 5.74) is 0.907. The van der Waals surface area contributed by atoms with E-state index >= 15 is 0 Å². The predicted molar refractivity (Wildman–Crippen MR) is 66.3 cm³/mol. The van der Waals surface area contributed by atoms with Crippen LogP contribution >= 0.6 is 0 Å². The molecule has 0 aliphatic rings. The molecule has 0 radical (unpaired) electrons. The molecule has 0 atom stereocenters. The molecule has 0 aliphatic heterocycles. The highest BCUT2D eigenvalue weighted by molar-refractivity contribution is 5.66. The van der Waals surface area contributed by atoms with Gasteiger partial charge >= 0.3 is 5.97 Å². The van der Waals surface area contributed by atoms with Crippen LogP contribution in [0.4, 0.5) is 0 Å². The Morgan fingerprint density at radius 2 is 2.28 bits per heavy atom. The molecule has 6 nitrogen and oxygen atoms in total. The molecule has 1 rings (SSSR count). The molecule has 0 fully saturated rings. The van der Waals surface area contributed by atoms with Crippen molar-refractivity contribution in [3.8, 4) is 0 Å². The van der Waals surface area contributed by atoms with Crippen LogP contribution < -0.4 is 0 Å². The highest BCUT2D eigenvalue weighted by Crippen LogP contribution is 2.03. The van der Waals surface area contributed by atoms with Crippen molar-refractivity contribution in [1.82, 2.24) is 15.0 Å². The van der Waals surface area contributed by atoms with Crippen LogP contribution in [-0.2, 0) is 22.5 Å². The first-order valence-electron chi connectivity index (χ1n) is 6.30. The Kier molecular flexibility index (Phi) is 6.35. The van der Waals surface area contributed by atoms with E-state index in [1.165, 1.54) is 0 Å². The number of ether oxygens (including phenoxy) is 1. The van der Waals surface area contributed by atoms with Gasteiger partial charge in [-0.15, -0.1) is 5.10 Å². The minimum atomic E-state index is -0.746. The van der Waals surface area contributed by atoms with Crippen molar-refractivity contribution in [2.75, 3.05) is 6.61 Å². The van der Waals surface area contributed by atoms with Gasteiger partial charge in [0.1, 0.15) is 0 Å². The number of nitrogens with zero attached hydrogens (tertiary/aromatic N) is 3. The number of carboxylic acids is 1. The van der Waals surface area contributed by atoms with Crippen molar-refractivity contribution in [3.05, 3.63) is 11.9 Å². The van der Waals surface area contributed by atoms with Gasteiger partial charge in [-0.3, -0.25) is 4.79 Å². The average Bonchev–Trinajstić information content (AvgIpc) is 2.72. The van der Waals surface area contributed by atoms with Crippen LogP contribution in [0.2, 0.25) is 0 Å². The van der Waals surface area contributed by atoms with Gasteiger partial charge in [-0.1, -0.05) is 5.21 Å². The molecule has 1 N–H and O–H groups in total. The molecule has 18 heavy (non-hydrogen) atoms. The monoisotopic (exact) mass is 255 g/mol. The zero-order valence-corrected chi connectivity index (χ0v) is 11.0. The maximum Gasteiger partial charge on any atom is 0.303 e. The standard InChI is InChI=1S/C12H21N3O3/c1-10(2)18-8-7-15-9-11(13-14-15)5-3-4-6-12(16)17/h9-10H,3-8H2,1-2H3,(H,16,17). The number of unbranched alkanes of at least 4 members (excludes halogenated alkanes) is 1. The number of carboxylic acid groups (broad SMARTS) is 1. The molecular formula is C12H21N3O3. The number of hydrogen-bond acceptors (Lipinski definition) is 4. The molecule has 1 aromatic rings. The molecule has 1 heterocycles. The van der Waals surface area contributed by atoms with Gasteiger partial charge in [0.2, 0.25) is 0 Å². The minimum absolute atomic E-state index is 0.219. The van der Waals surface area contributed by atoms with Crippen LogP contribution in [0.5, 0.6) is 0 Å². The third-order valence-electron chi connectivity index (χ3n) is 2.43. The number of aryl methyl sites for hydroxylation is 1. The fourth-order valence-electron chi connectivity index (χ4n) is 1.53. The second-order valence-electron chi connectivity index (χ2n) is 4.49. The molecule has 0 amide bonds. The first-order chi connectivity index (χ1) is 8.58. The summed E-state index contributed by atoms with van der Waals surface area (Å²) in [6.07, 6.45) is 4.62. The molecular weight excluding hydrogens is 234 g/mol. The predicted octanol–water partition coefficient (Wildman–Crippen LogP) is 1.50. The van der Waals surface area contributed by atoms with Gasteiger partial charge in [-0.05, 0) is 33.1 Å². The van der Waals surface area contributed by atoms with Gasteiger partial charge < -0.3 is 9.84 Å². The van der Waals surface area contributed by atoms with E-state index in [-0.39, 0.29) is 12.5 Å². The summed E-state index contributed by atoms with van der Waals surface area (Å²) in [5.74, 6) is -0.746. The molecule has 0 aliphatic carbocycles. The van der Waals surface area contributed by atoms with Gasteiger partial charge in [0.15, 0.2) is 0 Å². The maximum atomic E-state index is 10.3. The Hall–Kier alpha value is -1.43. The van der Waals surface area contributed by atoms with Crippen LogP contribution in [0.3, 0.4) is 0 Å². The largest absolute Gasteiger partial charge is 0.481 e. The summed E-state index contributed by atoms with van der Waals surface area (Å²) >= 11 is 0. The van der Waals surface area contributed by atoms with E-state index < -0.39 is 5.97 Å². The van der Waals surface area contributed by atoms with Gasteiger partial charge in [-0.25, -0.2) is 4.68 Å². The first-order valence-corrected chi connectivity index (χ1v) is 6.30. The second kappa shape index (κ2) is 7.81. The molecule has 0 aromatic carbocycles. The lowest BCUT2D eigenvalue weighted by Gasteiger charge is -2.06. The zero-order valence-electron chi connectivity index (χ0n) is 11.0. The van der Waals surface area contributed by atoms with Crippen molar-refractivity contribution in [2.45, 2.75) is 52.2 Å². The average molecular weight is 255 g/mol. The highest BCUT2D eigenvalue weighted by Gasteiger charge is 2.02. The lowest BCUT2D eigenvalue weighted by Crippen LogP contribution is -2.10. The van der Waals surface area contributed by atoms with Crippen LogP contribution in [0.25, 0.3) is 0 Å². The number of carbonyl (C=O) groups is 1. The molecule has 0 unspecified atom stereocenters.